The van der Waals surface area contributed by atoms with Gasteiger partial charge in [0.1, 0.15) is 17.2 Å². The van der Waals surface area contributed by atoms with Crippen molar-refractivity contribution in [2.24, 2.45) is 0 Å². The van der Waals surface area contributed by atoms with Crippen LogP contribution < -0.4 is 0 Å². The molecule has 0 aromatic heterocycles. The van der Waals surface area contributed by atoms with Gasteiger partial charge in [0.25, 0.3) is 0 Å². The van der Waals surface area contributed by atoms with E-state index in [9.17, 15) is 15.3 Å². The van der Waals surface area contributed by atoms with Gasteiger partial charge in [0.05, 0.1) is 0 Å². The number of benzene rings is 2. The highest BCUT2D eigenvalue weighted by atomic mass is 79.9. The Kier molecular flexibility index (Phi) is 3.58. The topological polar surface area (TPSA) is 60.7 Å². The quantitative estimate of drug-likeness (QED) is 0.741. The van der Waals surface area contributed by atoms with Crippen LogP contribution in [0.15, 0.2) is 40.9 Å². The normalized spacial score (nSPS) is 10.9. The maximum Gasteiger partial charge on any atom is 0.126 e. The molecule has 0 aliphatic carbocycles. The van der Waals surface area contributed by atoms with Crippen LogP contribution in [0.4, 0.5) is 0 Å². The molecule has 0 saturated carbocycles. The van der Waals surface area contributed by atoms with Crippen molar-refractivity contribution in [1.82, 2.24) is 0 Å². The van der Waals surface area contributed by atoms with Crippen molar-refractivity contribution in [3.8, 4) is 17.2 Å². The second-order valence-electron chi connectivity index (χ2n) is 3.78. The van der Waals surface area contributed by atoms with Gasteiger partial charge < -0.3 is 15.3 Å². The molecule has 3 N–H and O–H groups in total. The fourth-order valence-electron chi connectivity index (χ4n) is 1.50. The van der Waals surface area contributed by atoms with E-state index in [1.807, 2.05) is 0 Å². The first-order valence-corrected chi connectivity index (χ1v) is 6.04. The second-order valence-corrected chi connectivity index (χ2v) is 4.64. The van der Waals surface area contributed by atoms with E-state index >= 15 is 0 Å². The fourth-order valence-corrected chi connectivity index (χ4v) is 2.00. The highest BCUT2D eigenvalue weighted by Crippen LogP contribution is 2.27. The van der Waals surface area contributed by atoms with Crippen molar-refractivity contribution >= 4 is 28.1 Å². The van der Waals surface area contributed by atoms with E-state index < -0.39 is 0 Å². The van der Waals surface area contributed by atoms with E-state index in [0.29, 0.717) is 5.56 Å². The number of aromatic hydroxyl groups is 3. The molecule has 0 heterocycles. The van der Waals surface area contributed by atoms with E-state index in [4.69, 9.17) is 0 Å². The van der Waals surface area contributed by atoms with Gasteiger partial charge in [-0.2, -0.15) is 0 Å². The lowest BCUT2D eigenvalue weighted by Gasteiger charge is -2.01. The number of phenolic OH excluding ortho intramolecular Hbond substituents is 3. The molecule has 0 aliphatic rings. The lowest BCUT2D eigenvalue weighted by molar-refractivity contribution is 0.450. The van der Waals surface area contributed by atoms with Gasteiger partial charge in [0.2, 0.25) is 0 Å². The summed E-state index contributed by atoms with van der Waals surface area (Å²) in [6.07, 6.45) is 3.53. The summed E-state index contributed by atoms with van der Waals surface area (Å²) in [4.78, 5) is 0. The van der Waals surface area contributed by atoms with E-state index in [1.54, 1.807) is 36.4 Å². The Morgan fingerprint density at radius 3 is 1.94 bits per heavy atom. The number of hydrogen-bond donors (Lipinski definition) is 3. The molecule has 2 rings (SSSR count). The van der Waals surface area contributed by atoms with E-state index in [0.717, 1.165) is 10.0 Å². The van der Waals surface area contributed by atoms with Gasteiger partial charge in [-0.15, -0.1) is 0 Å². The Hall–Kier alpha value is -1.94. The van der Waals surface area contributed by atoms with Gasteiger partial charge in [-0.25, -0.2) is 0 Å². The third-order valence-electron chi connectivity index (χ3n) is 2.44. The van der Waals surface area contributed by atoms with Gasteiger partial charge >= 0.3 is 0 Å². The summed E-state index contributed by atoms with van der Waals surface area (Å²) in [5, 5.41) is 28.1. The molecule has 2 aromatic rings. The van der Waals surface area contributed by atoms with E-state index in [-0.39, 0.29) is 17.2 Å². The zero-order chi connectivity index (χ0) is 13.1. The Balaban J connectivity index is 2.30. The Bertz CT molecular complexity index is 552. The minimum absolute atomic E-state index is 0.0150. The zero-order valence-corrected chi connectivity index (χ0v) is 10.9. The van der Waals surface area contributed by atoms with Gasteiger partial charge in [-0.3, -0.25) is 0 Å². The molecular weight excluding hydrogens is 296 g/mol. The molecular formula is C14H11BrO3. The van der Waals surface area contributed by atoms with E-state index in [2.05, 4.69) is 15.9 Å². The number of hydrogen-bond acceptors (Lipinski definition) is 3. The average molecular weight is 307 g/mol. The van der Waals surface area contributed by atoms with Crippen LogP contribution in [-0.2, 0) is 0 Å². The zero-order valence-electron chi connectivity index (χ0n) is 9.34. The van der Waals surface area contributed by atoms with Crippen molar-refractivity contribution in [3.05, 3.63) is 52.0 Å². The fraction of sp³-hybridized carbons (Fsp3) is 0. The van der Waals surface area contributed by atoms with Crippen molar-refractivity contribution in [3.63, 3.8) is 0 Å². The van der Waals surface area contributed by atoms with Crippen molar-refractivity contribution in [2.75, 3.05) is 0 Å². The van der Waals surface area contributed by atoms with Crippen LogP contribution in [0.1, 0.15) is 11.1 Å². The monoisotopic (exact) mass is 306 g/mol. The van der Waals surface area contributed by atoms with Crippen LogP contribution in [0.3, 0.4) is 0 Å². The molecule has 0 amide bonds. The number of halogens is 1. The maximum absolute atomic E-state index is 9.62. The summed E-state index contributed by atoms with van der Waals surface area (Å²) in [7, 11) is 0. The summed E-state index contributed by atoms with van der Waals surface area (Å²) < 4.78 is 0.761. The summed E-state index contributed by atoms with van der Waals surface area (Å²) >= 11 is 3.34. The molecule has 0 fully saturated rings. The highest BCUT2D eigenvalue weighted by Gasteiger charge is 2.00. The Morgan fingerprint density at radius 2 is 1.33 bits per heavy atom. The molecule has 0 spiro atoms. The van der Waals surface area contributed by atoms with Gasteiger partial charge in [-0.05, 0) is 29.8 Å². The predicted octanol–water partition coefficient (Wildman–Crippen LogP) is 3.74. The van der Waals surface area contributed by atoms with Crippen molar-refractivity contribution in [2.45, 2.75) is 0 Å². The molecule has 0 saturated heterocycles. The first kappa shape index (κ1) is 12.5. The second kappa shape index (κ2) is 5.14. The first-order valence-electron chi connectivity index (χ1n) is 5.25. The lowest BCUT2D eigenvalue weighted by atomic mass is 10.1. The van der Waals surface area contributed by atoms with Crippen LogP contribution in [0.2, 0.25) is 0 Å². The first-order chi connectivity index (χ1) is 8.56. The van der Waals surface area contributed by atoms with Gasteiger partial charge in [-0.1, -0.05) is 34.1 Å². The molecule has 0 unspecified atom stereocenters. The smallest absolute Gasteiger partial charge is 0.126 e. The number of phenols is 3. The van der Waals surface area contributed by atoms with Crippen LogP contribution in [-0.4, -0.2) is 15.3 Å². The molecule has 4 heteroatoms. The minimum atomic E-state index is 0.0150. The maximum atomic E-state index is 9.62. The summed E-state index contributed by atoms with van der Waals surface area (Å²) in [6.45, 7) is 0. The molecule has 0 radical (unpaired) electrons. The van der Waals surface area contributed by atoms with Crippen molar-refractivity contribution < 1.29 is 15.3 Å². The number of rotatable bonds is 2. The third-order valence-corrected chi connectivity index (χ3v) is 3.13. The Labute approximate surface area is 113 Å². The molecule has 2 aromatic carbocycles. The van der Waals surface area contributed by atoms with Gasteiger partial charge in [0, 0.05) is 16.1 Å². The summed E-state index contributed by atoms with van der Waals surface area (Å²) in [6, 6.07) is 9.34. The molecule has 18 heavy (non-hydrogen) atoms. The largest absolute Gasteiger partial charge is 0.508 e. The molecule has 0 atom stereocenters. The summed E-state index contributed by atoms with van der Waals surface area (Å²) in [5.41, 5.74) is 1.48. The Morgan fingerprint density at radius 1 is 0.778 bits per heavy atom. The molecule has 0 aliphatic heterocycles. The predicted molar refractivity (Wildman–Crippen MR) is 74.5 cm³/mol. The van der Waals surface area contributed by atoms with Crippen LogP contribution in [0, 0.1) is 0 Å². The van der Waals surface area contributed by atoms with Gasteiger partial charge in [0.15, 0.2) is 0 Å². The SMILES string of the molecule is Oc1ccc(/C=C/c2ccc(O)cc2Br)c(O)c1. The minimum Gasteiger partial charge on any atom is -0.508 e. The van der Waals surface area contributed by atoms with Crippen LogP contribution in [0.25, 0.3) is 12.2 Å². The molecule has 0 bridgehead atoms. The van der Waals surface area contributed by atoms with E-state index in [1.165, 1.54) is 12.1 Å². The third kappa shape index (κ3) is 2.84. The molecule has 3 nitrogen and oxygen atoms in total. The summed E-state index contributed by atoms with van der Waals surface area (Å²) in [5.74, 6) is 0.225. The molecule has 92 valence electrons. The van der Waals surface area contributed by atoms with Crippen LogP contribution >= 0.6 is 15.9 Å². The highest BCUT2D eigenvalue weighted by molar-refractivity contribution is 9.10. The standard InChI is InChI=1S/C14H11BrO3/c15-13-7-11(16)5-3-9(13)1-2-10-4-6-12(17)8-14(10)18/h1-8,16-18H/b2-1+. The van der Waals surface area contributed by atoms with Crippen LogP contribution in [0.5, 0.6) is 17.2 Å². The lowest BCUT2D eigenvalue weighted by Crippen LogP contribution is -1.77. The average Bonchev–Trinajstić information content (AvgIpc) is 2.30. The van der Waals surface area contributed by atoms with Crippen molar-refractivity contribution in [1.29, 1.82) is 0 Å².